The summed E-state index contributed by atoms with van der Waals surface area (Å²) < 4.78 is 23.2. The predicted molar refractivity (Wildman–Crippen MR) is 251 cm³/mol. The Morgan fingerprint density at radius 3 is 1.49 bits per heavy atom. The Morgan fingerprint density at radius 2 is 1.00 bits per heavy atom. The predicted octanol–water partition coefficient (Wildman–Crippen LogP) is 13.4. The standard InChI is InChI=1S/C50H95N2O6P/c1-6-8-10-12-14-16-18-19-20-21-22-23-24-25-26-27-28-29-30-31-32-33-34-36-38-40-42-44-50(54)51-48(47-58-59(55,56)57-46-45-52(3,4)5)49(53)43-41-39-37-35-17-15-13-11-9-7-2/h17-19,21-22,35,41,43,48-49,53H,6-16,20,23-34,36-40,42,44-47H2,1-5H3,(H-,51,54,55,56)/b19-18-,22-21-,35-17+,43-41+. The van der Waals surface area contributed by atoms with Crippen LogP contribution in [0.2, 0.25) is 0 Å². The van der Waals surface area contributed by atoms with Gasteiger partial charge in [-0.05, 0) is 64.2 Å². The Balaban J connectivity index is 4.13. The number of nitrogens with zero attached hydrogens (tertiary/aromatic N) is 1. The summed E-state index contributed by atoms with van der Waals surface area (Å²) in [4.78, 5) is 25.3. The van der Waals surface area contributed by atoms with Gasteiger partial charge in [0.2, 0.25) is 5.91 Å². The van der Waals surface area contributed by atoms with Crippen LogP contribution in [0.25, 0.3) is 0 Å². The van der Waals surface area contributed by atoms with Gasteiger partial charge in [0.1, 0.15) is 13.2 Å². The maximum absolute atomic E-state index is 12.9. The fourth-order valence-electron chi connectivity index (χ4n) is 6.85. The average molecular weight is 851 g/mol. The quantitative estimate of drug-likeness (QED) is 0.0274. The number of phosphoric acid groups is 1. The Labute approximate surface area is 365 Å². The molecule has 0 bridgehead atoms. The highest BCUT2D eigenvalue weighted by Crippen LogP contribution is 2.38. The monoisotopic (exact) mass is 851 g/mol. The second-order valence-electron chi connectivity index (χ2n) is 17.8. The molecule has 0 aliphatic heterocycles. The van der Waals surface area contributed by atoms with Crippen molar-refractivity contribution >= 4 is 13.7 Å². The summed E-state index contributed by atoms with van der Waals surface area (Å²) >= 11 is 0. The van der Waals surface area contributed by atoms with Crippen molar-refractivity contribution in [2.24, 2.45) is 0 Å². The number of hydrogen-bond donors (Lipinski definition) is 2. The summed E-state index contributed by atoms with van der Waals surface area (Å²) in [5.74, 6) is -0.210. The van der Waals surface area contributed by atoms with Crippen LogP contribution < -0.4 is 10.2 Å². The molecular formula is C50H95N2O6P. The molecule has 2 N–H and O–H groups in total. The molecule has 8 nitrogen and oxygen atoms in total. The first-order valence-corrected chi connectivity index (χ1v) is 26.0. The van der Waals surface area contributed by atoms with Gasteiger partial charge in [0.15, 0.2) is 0 Å². The molecular weight excluding hydrogens is 756 g/mol. The van der Waals surface area contributed by atoms with E-state index in [9.17, 15) is 19.4 Å². The molecule has 1 amide bonds. The van der Waals surface area contributed by atoms with E-state index in [0.717, 1.165) is 44.9 Å². The summed E-state index contributed by atoms with van der Waals surface area (Å²) in [6, 6.07) is -0.901. The van der Waals surface area contributed by atoms with E-state index >= 15 is 0 Å². The van der Waals surface area contributed by atoms with Gasteiger partial charge in [0.05, 0.1) is 39.9 Å². The Hall–Kier alpha value is -1.54. The van der Waals surface area contributed by atoms with Crippen molar-refractivity contribution in [1.82, 2.24) is 5.32 Å². The van der Waals surface area contributed by atoms with Crippen molar-refractivity contribution in [1.29, 1.82) is 0 Å². The van der Waals surface area contributed by atoms with Gasteiger partial charge in [0.25, 0.3) is 7.82 Å². The van der Waals surface area contributed by atoms with E-state index in [1.54, 1.807) is 6.08 Å². The van der Waals surface area contributed by atoms with Gasteiger partial charge in [0, 0.05) is 6.42 Å². The highest BCUT2D eigenvalue weighted by molar-refractivity contribution is 7.45. The van der Waals surface area contributed by atoms with Crippen molar-refractivity contribution in [2.75, 3.05) is 40.9 Å². The van der Waals surface area contributed by atoms with Gasteiger partial charge in [-0.25, -0.2) is 0 Å². The molecule has 0 saturated carbocycles. The molecule has 0 aromatic rings. The number of unbranched alkanes of at least 4 members (excludes halogenated alkanes) is 25. The summed E-state index contributed by atoms with van der Waals surface area (Å²) in [7, 11) is 1.24. The number of hydrogen-bond acceptors (Lipinski definition) is 6. The van der Waals surface area contributed by atoms with E-state index in [2.05, 4.69) is 55.6 Å². The van der Waals surface area contributed by atoms with Crippen molar-refractivity contribution in [3.8, 4) is 0 Å². The number of nitrogens with one attached hydrogen (secondary N) is 1. The fraction of sp³-hybridized carbons (Fsp3) is 0.820. The lowest BCUT2D eigenvalue weighted by molar-refractivity contribution is -0.870. The molecule has 3 atom stereocenters. The first kappa shape index (κ1) is 57.5. The number of carbonyl (C=O) groups is 1. The van der Waals surface area contributed by atoms with Crippen molar-refractivity contribution in [2.45, 2.75) is 225 Å². The number of amides is 1. The first-order valence-electron chi connectivity index (χ1n) is 24.5. The third-order valence-electron chi connectivity index (χ3n) is 10.8. The van der Waals surface area contributed by atoms with Crippen LogP contribution in [-0.2, 0) is 18.4 Å². The molecule has 0 rings (SSSR count). The minimum Gasteiger partial charge on any atom is -0.756 e. The summed E-state index contributed by atoms with van der Waals surface area (Å²) in [6.45, 7) is 4.57. The van der Waals surface area contributed by atoms with Gasteiger partial charge < -0.3 is 28.8 Å². The van der Waals surface area contributed by atoms with Crippen molar-refractivity contribution in [3.63, 3.8) is 0 Å². The largest absolute Gasteiger partial charge is 0.756 e. The molecule has 0 aromatic heterocycles. The van der Waals surface area contributed by atoms with Crippen LogP contribution in [0.1, 0.15) is 213 Å². The molecule has 59 heavy (non-hydrogen) atoms. The molecule has 0 radical (unpaired) electrons. The minimum absolute atomic E-state index is 0.00703. The number of aliphatic hydroxyl groups is 1. The van der Waals surface area contributed by atoms with Crippen LogP contribution in [0.4, 0.5) is 0 Å². The number of allylic oxidation sites excluding steroid dienone is 7. The van der Waals surface area contributed by atoms with Crippen LogP contribution in [-0.4, -0.2) is 68.5 Å². The Kier molecular flexibility index (Phi) is 40.7. The molecule has 0 aliphatic carbocycles. The van der Waals surface area contributed by atoms with E-state index in [4.69, 9.17) is 9.05 Å². The fourth-order valence-corrected chi connectivity index (χ4v) is 7.57. The van der Waals surface area contributed by atoms with Crippen LogP contribution in [0.15, 0.2) is 48.6 Å². The Bertz CT molecular complexity index is 1100. The smallest absolute Gasteiger partial charge is 0.268 e. The summed E-state index contributed by atoms with van der Waals surface area (Å²) in [5.41, 5.74) is 0. The highest BCUT2D eigenvalue weighted by Gasteiger charge is 2.23. The van der Waals surface area contributed by atoms with Gasteiger partial charge in [-0.2, -0.15) is 0 Å². The maximum Gasteiger partial charge on any atom is 0.268 e. The molecule has 0 aliphatic rings. The van der Waals surface area contributed by atoms with Crippen LogP contribution >= 0.6 is 7.82 Å². The SMILES string of the molecule is CCCCCC/C=C/CC/C=C/C(O)C(COP(=O)([O-])OCC[N+](C)(C)C)NC(=O)CCCCCCCCCCCCCCCCC/C=C\C/C=C\CCCCCCC. The third-order valence-corrected chi connectivity index (χ3v) is 11.7. The van der Waals surface area contributed by atoms with Gasteiger partial charge >= 0.3 is 0 Å². The number of likely N-dealkylation sites (N-methyl/N-ethyl adjacent to an activating group) is 1. The van der Waals surface area contributed by atoms with Gasteiger partial charge in [-0.15, -0.1) is 0 Å². The number of aliphatic hydroxyl groups excluding tert-OH is 1. The molecule has 0 saturated heterocycles. The second-order valence-corrected chi connectivity index (χ2v) is 19.2. The third kappa shape index (κ3) is 44.3. The summed E-state index contributed by atoms with van der Waals surface area (Å²) in [6.07, 6.45) is 53.3. The molecule has 0 spiro atoms. The average Bonchev–Trinajstić information content (AvgIpc) is 3.19. The summed E-state index contributed by atoms with van der Waals surface area (Å²) in [5, 5.41) is 13.7. The number of phosphoric ester groups is 1. The second kappa shape index (κ2) is 41.8. The molecule has 3 unspecified atom stereocenters. The molecule has 0 aromatic carbocycles. The lowest BCUT2D eigenvalue weighted by atomic mass is 10.0. The van der Waals surface area contributed by atoms with E-state index in [0.29, 0.717) is 17.4 Å². The van der Waals surface area contributed by atoms with Gasteiger partial charge in [-0.1, -0.05) is 191 Å². The van der Waals surface area contributed by atoms with E-state index < -0.39 is 26.6 Å². The lowest BCUT2D eigenvalue weighted by Crippen LogP contribution is -2.45. The Morgan fingerprint density at radius 1 is 0.593 bits per heavy atom. The zero-order valence-corrected chi connectivity index (χ0v) is 40.1. The van der Waals surface area contributed by atoms with E-state index in [-0.39, 0.29) is 12.5 Å². The highest BCUT2D eigenvalue weighted by atomic mass is 31.2. The van der Waals surface area contributed by atoms with Crippen LogP contribution in [0, 0.1) is 0 Å². The topological polar surface area (TPSA) is 108 Å². The van der Waals surface area contributed by atoms with E-state index in [1.165, 1.54) is 148 Å². The molecule has 346 valence electrons. The number of carbonyl (C=O) groups excluding carboxylic acids is 1. The molecule has 9 heteroatoms. The number of quaternary nitrogens is 1. The van der Waals surface area contributed by atoms with Crippen LogP contribution in [0.5, 0.6) is 0 Å². The normalized spacial score (nSPS) is 14.6. The zero-order valence-electron chi connectivity index (χ0n) is 39.2. The zero-order chi connectivity index (χ0) is 43.6. The molecule has 0 heterocycles. The maximum atomic E-state index is 12.9. The molecule has 0 fully saturated rings. The van der Waals surface area contributed by atoms with Crippen molar-refractivity contribution in [3.05, 3.63) is 48.6 Å². The van der Waals surface area contributed by atoms with Crippen molar-refractivity contribution < 1.29 is 32.9 Å². The lowest BCUT2D eigenvalue weighted by Gasteiger charge is -2.29. The first-order chi connectivity index (χ1) is 28.5. The van der Waals surface area contributed by atoms with E-state index in [1.807, 2.05) is 27.2 Å². The number of rotatable bonds is 44. The van der Waals surface area contributed by atoms with Crippen LogP contribution in [0.3, 0.4) is 0 Å². The minimum atomic E-state index is -4.59. The van der Waals surface area contributed by atoms with Gasteiger partial charge in [-0.3, -0.25) is 9.36 Å².